The van der Waals surface area contributed by atoms with Crippen molar-refractivity contribution in [1.29, 1.82) is 0 Å². The van der Waals surface area contributed by atoms with Gasteiger partial charge < -0.3 is 20.5 Å². The standard InChI is InChI=1S/C20H27N5OS/c1-13-11-23-19-18(13)16(6-8-22-19)25-9-10-27-17(12-25)20(26)24-14(2)15-5-3-4-7-21-15/h6,8,11-12,14-15,21H,3-5,7,9-10H2,1-2H3,(H,22,23)(H,24,26)/t14?,15-/m0/s1. The number of carbonyl (C=O) groups excluding carboxylic acids is 1. The summed E-state index contributed by atoms with van der Waals surface area (Å²) in [6.07, 6.45) is 9.38. The Morgan fingerprint density at radius 3 is 3.15 bits per heavy atom. The summed E-state index contributed by atoms with van der Waals surface area (Å²) in [4.78, 5) is 23.4. The van der Waals surface area contributed by atoms with E-state index in [0.29, 0.717) is 6.04 Å². The van der Waals surface area contributed by atoms with E-state index in [-0.39, 0.29) is 11.9 Å². The van der Waals surface area contributed by atoms with Crippen molar-refractivity contribution in [2.75, 3.05) is 23.7 Å². The number of aromatic nitrogens is 2. The molecule has 2 aromatic rings. The second kappa shape index (κ2) is 7.94. The van der Waals surface area contributed by atoms with Crippen molar-refractivity contribution in [2.45, 2.75) is 45.2 Å². The minimum Gasteiger partial charge on any atom is -0.348 e. The van der Waals surface area contributed by atoms with E-state index in [9.17, 15) is 4.79 Å². The topological polar surface area (TPSA) is 73.0 Å². The number of aromatic amines is 1. The molecule has 2 aliphatic rings. The van der Waals surface area contributed by atoms with Crippen LogP contribution < -0.4 is 15.5 Å². The molecule has 144 valence electrons. The van der Waals surface area contributed by atoms with Crippen molar-refractivity contribution in [3.05, 3.63) is 35.1 Å². The highest BCUT2D eigenvalue weighted by atomic mass is 32.2. The lowest BCUT2D eigenvalue weighted by molar-refractivity contribution is -0.117. The highest BCUT2D eigenvalue weighted by molar-refractivity contribution is 8.04. The van der Waals surface area contributed by atoms with Crippen LogP contribution in [0.1, 0.15) is 31.7 Å². The van der Waals surface area contributed by atoms with E-state index in [1.165, 1.54) is 18.4 Å². The second-order valence-electron chi connectivity index (χ2n) is 7.38. The number of rotatable bonds is 4. The molecule has 0 spiro atoms. The van der Waals surface area contributed by atoms with Crippen molar-refractivity contribution < 1.29 is 4.79 Å². The van der Waals surface area contributed by atoms with Gasteiger partial charge in [-0.2, -0.15) is 0 Å². The smallest absolute Gasteiger partial charge is 0.259 e. The molecule has 3 N–H and O–H groups in total. The lowest BCUT2D eigenvalue weighted by Gasteiger charge is -2.31. The fourth-order valence-electron chi connectivity index (χ4n) is 3.93. The van der Waals surface area contributed by atoms with E-state index in [0.717, 1.165) is 46.9 Å². The number of nitrogens with zero attached hydrogens (tertiary/aromatic N) is 2. The third-order valence-corrected chi connectivity index (χ3v) is 6.44. The molecule has 2 atom stereocenters. The number of pyridine rings is 1. The number of aryl methyl sites for hydroxylation is 1. The van der Waals surface area contributed by atoms with Crippen LogP contribution >= 0.6 is 11.8 Å². The summed E-state index contributed by atoms with van der Waals surface area (Å²) in [7, 11) is 0. The molecular formula is C20H27N5OS. The molecule has 0 radical (unpaired) electrons. The Morgan fingerprint density at radius 2 is 2.33 bits per heavy atom. The quantitative estimate of drug-likeness (QED) is 0.755. The Morgan fingerprint density at radius 1 is 1.44 bits per heavy atom. The maximum absolute atomic E-state index is 12.8. The number of anilines is 1. The van der Waals surface area contributed by atoms with Gasteiger partial charge in [0.05, 0.1) is 10.6 Å². The molecule has 6 nitrogen and oxygen atoms in total. The summed E-state index contributed by atoms with van der Waals surface area (Å²) in [5.74, 6) is 0.920. The van der Waals surface area contributed by atoms with E-state index in [2.05, 4.69) is 39.3 Å². The SMILES string of the molecule is Cc1c[nH]c2nccc(N3C=C(C(=O)NC(C)[C@@H]4CCCCN4)SCC3)c12. The molecular weight excluding hydrogens is 358 g/mol. The molecule has 4 heterocycles. The summed E-state index contributed by atoms with van der Waals surface area (Å²) in [6, 6.07) is 2.53. The fourth-order valence-corrected chi connectivity index (χ4v) is 4.83. The van der Waals surface area contributed by atoms with Crippen LogP contribution in [0, 0.1) is 6.92 Å². The first-order chi connectivity index (χ1) is 13.1. The number of H-pyrrole nitrogens is 1. The number of carbonyl (C=O) groups is 1. The van der Waals surface area contributed by atoms with Crippen molar-refractivity contribution in [3.63, 3.8) is 0 Å². The average molecular weight is 386 g/mol. The summed E-state index contributed by atoms with van der Waals surface area (Å²) in [6.45, 7) is 6.11. The molecule has 0 bridgehead atoms. The predicted molar refractivity (Wildman–Crippen MR) is 112 cm³/mol. The Labute approximate surface area is 164 Å². The number of hydrogen-bond donors (Lipinski definition) is 3. The van der Waals surface area contributed by atoms with Gasteiger partial charge in [0.1, 0.15) is 5.65 Å². The average Bonchev–Trinajstić information content (AvgIpc) is 3.10. The van der Waals surface area contributed by atoms with Crippen LogP contribution in [0.5, 0.6) is 0 Å². The van der Waals surface area contributed by atoms with E-state index < -0.39 is 0 Å². The highest BCUT2D eigenvalue weighted by Crippen LogP contribution is 2.32. The van der Waals surface area contributed by atoms with Crippen molar-refractivity contribution in [2.24, 2.45) is 0 Å². The minimum absolute atomic E-state index is 0.0284. The number of amides is 1. The number of thioether (sulfide) groups is 1. The first-order valence-corrected chi connectivity index (χ1v) is 10.7. The Balaban J connectivity index is 1.52. The zero-order valence-electron chi connectivity index (χ0n) is 15.9. The zero-order chi connectivity index (χ0) is 18.8. The Hall–Kier alpha value is -1.99. The van der Waals surface area contributed by atoms with Crippen molar-refractivity contribution >= 4 is 34.4 Å². The second-order valence-corrected chi connectivity index (χ2v) is 8.52. The maximum atomic E-state index is 12.8. The first-order valence-electron chi connectivity index (χ1n) is 9.71. The highest BCUT2D eigenvalue weighted by Gasteiger charge is 2.25. The van der Waals surface area contributed by atoms with Gasteiger partial charge in [-0.05, 0) is 44.9 Å². The normalized spacial score (nSPS) is 21.8. The van der Waals surface area contributed by atoms with Crippen LogP contribution in [0.2, 0.25) is 0 Å². The van der Waals surface area contributed by atoms with Gasteiger partial charge in [-0.25, -0.2) is 4.98 Å². The number of fused-ring (bicyclic) bond motifs is 1. The van der Waals surface area contributed by atoms with Gasteiger partial charge in [0.2, 0.25) is 0 Å². The van der Waals surface area contributed by atoms with Gasteiger partial charge >= 0.3 is 0 Å². The van der Waals surface area contributed by atoms with Gasteiger partial charge in [-0.15, -0.1) is 11.8 Å². The molecule has 4 rings (SSSR count). The monoisotopic (exact) mass is 385 g/mol. The number of nitrogens with one attached hydrogen (secondary N) is 3. The summed E-state index contributed by atoms with van der Waals surface area (Å²) >= 11 is 1.63. The van der Waals surface area contributed by atoms with Gasteiger partial charge in [0.15, 0.2) is 0 Å². The Kier molecular flexibility index (Phi) is 5.41. The van der Waals surface area contributed by atoms with Gasteiger partial charge in [-0.3, -0.25) is 4.79 Å². The molecule has 0 saturated carbocycles. The van der Waals surface area contributed by atoms with Gasteiger partial charge in [-0.1, -0.05) is 6.42 Å². The molecule has 27 heavy (non-hydrogen) atoms. The van der Waals surface area contributed by atoms with Crippen molar-refractivity contribution in [1.82, 2.24) is 20.6 Å². The molecule has 1 unspecified atom stereocenters. The molecule has 2 aromatic heterocycles. The van der Waals surface area contributed by atoms with Crippen molar-refractivity contribution in [3.8, 4) is 0 Å². The van der Waals surface area contributed by atoms with Gasteiger partial charge in [0, 0.05) is 48.4 Å². The van der Waals surface area contributed by atoms with Crippen LogP contribution in [0.3, 0.4) is 0 Å². The lowest BCUT2D eigenvalue weighted by atomic mass is 9.99. The van der Waals surface area contributed by atoms with Crippen LogP contribution in [0.15, 0.2) is 29.6 Å². The third-order valence-electron chi connectivity index (χ3n) is 5.46. The first kappa shape index (κ1) is 18.4. The van der Waals surface area contributed by atoms with Crippen LogP contribution in [0.4, 0.5) is 5.69 Å². The van der Waals surface area contributed by atoms with E-state index >= 15 is 0 Å². The number of hydrogen-bond acceptors (Lipinski definition) is 5. The lowest BCUT2D eigenvalue weighted by Crippen LogP contribution is -2.50. The molecule has 1 saturated heterocycles. The fraction of sp³-hybridized carbons (Fsp3) is 0.500. The maximum Gasteiger partial charge on any atom is 0.259 e. The Bertz CT molecular complexity index is 855. The summed E-state index contributed by atoms with van der Waals surface area (Å²) in [5.41, 5.74) is 3.16. The van der Waals surface area contributed by atoms with E-state index in [1.807, 2.05) is 24.7 Å². The summed E-state index contributed by atoms with van der Waals surface area (Å²) < 4.78 is 0. The van der Waals surface area contributed by atoms with Gasteiger partial charge in [0.25, 0.3) is 5.91 Å². The van der Waals surface area contributed by atoms with Crippen LogP contribution in [-0.2, 0) is 4.79 Å². The zero-order valence-corrected chi connectivity index (χ0v) is 16.7. The van der Waals surface area contributed by atoms with Crippen LogP contribution in [0.25, 0.3) is 11.0 Å². The van der Waals surface area contributed by atoms with E-state index in [4.69, 9.17) is 0 Å². The number of piperidine rings is 1. The van der Waals surface area contributed by atoms with Crippen LogP contribution in [-0.4, -0.2) is 46.8 Å². The molecule has 7 heteroatoms. The predicted octanol–water partition coefficient (Wildman–Crippen LogP) is 2.91. The molecule has 0 aliphatic carbocycles. The van der Waals surface area contributed by atoms with E-state index in [1.54, 1.807) is 11.8 Å². The molecule has 1 amide bonds. The summed E-state index contributed by atoms with van der Waals surface area (Å²) in [5, 5.41) is 7.85. The largest absolute Gasteiger partial charge is 0.348 e. The minimum atomic E-state index is 0.0284. The molecule has 1 fully saturated rings. The third kappa shape index (κ3) is 3.84. The molecule has 2 aliphatic heterocycles. The molecule has 0 aromatic carbocycles.